The molecule has 31 heavy (non-hydrogen) atoms. The number of ether oxygens (including phenoxy) is 2. The van der Waals surface area contributed by atoms with Crippen LogP contribution in [-0.4, -0.2) is 59.0 Å². The number of aliphatic hydroxyl groups is 2. The van der Waals surface area contributed by atoms with Gasteiger partial charge in [0.2, 0.25) is 11.4 Å². The quantitative estimate of drug-likeness (QED) is 0.166. The van der Waals surface area contributed by atoms with Crippen LogP contribution in [0.15, 0.2) is 58.7 Å². The van der Waals surface area contributed by atoms with Gasteiger partial charge in [0.1, 0.15) is 0 Å². The van der Waals surface area contributed by atoms with Crippen molar-refractivity contribution in [1.29, 1.82) is 0 Å². The smallest absolute Gasteiger partial charge is 0.337 e. The maximum Gasteiger partial charge on any atom is 0.337 e. The number of methoxy groups -OCH3 is 1. The first-order valence-electron chi connectivity index (χ1n) is 9.90. The fourth-order valence-corrected chi connectivity index (χ4v) is 3.54. The Morgan fingerprint density at radius 1 is 1.23 bits per heavy atom. The van der Waals surface area contributed by atoms with Gasteiger partial charge in [-0.2, -0.15) is 0 Å². The number of ketones is 1. The predicted octanol–water partition coefficient (Wildman–Crippen LogP) is 1.41. The summed E-state index contributed by atoms with van der Waals surface area (Å²) in [4.78, 5) is 36.7. The highest BCUT2D eigenvalue weighted by molar-refractivity contribution is 6.21. The topological polar surface area (TPSA) is 125 Å². The summed E-state index contributed by atoms with van der Waals surface area (Å²) in [5.41, 5.74) is -1.000. The van der Waals surface area contributed by atoms with Crippen LogP contribution in [0.25, 0.3) is 0 Å². The summed E-state index contributed by atoms with van der Waals surface area (Å²) < 4.78 is 10.0. The molecule has 0 aromatic rings. The van der Waals surface area contributed by atoms with Gasteiger partial charge in [-0.25, -0.2) is 4.79 Å². The molecule has 0 bridgehead atoms. The van der Waals surface area contributed by atoms with Crippen LogP contribution in [0, 0.1) is 0 Å². The molecule has 0 aromatic heterocycles. The molecule has 168 valence electrons. The maximum absolute atomic E-state index is 12.8. The second kappa shape index (κ2) is 9.55. The average Bonchev–Trinajstić information content (AvgIpc) is 3.44. The van der Waals surface area contributed by atoms with Crippen LogP contribution in [0.3, 0.4) is 0 Å². The lowest BCUT2D eigenvalue weighted by Gasteiger charge is -2.22. The SMILES string of the molecule is CC=C(C=C(C)C=C(C)C=CC=C(C)C(=O)[C@]12O[C@H]1[C@](O)(CCO)NC2=O)C(=O)OC. The number of aliphatic hydroxyl groups excluding tert-OH is 1. The monoisotopic (exact) mass is 431 g/mol. The van der Waals surface area contributed by atoms with Crippen molar-refractivity contribution in [3.63, 3.8) is 0 Å². The molecule has 0 aliphatic carbocycles. The first kappa shape index (κ1) is 24.5. The van der Waals surface area contributed by atoms with E-state index in [1.54, 1.807) is 44.2 Å². The van der Waals surface area contributed by atoms with E-state index >= 15 is 0 Å². The standard InChI is InChI=1S/C23H29NO7/c1-6-17(19(27)30-5)13-15(3)12-14(2)8-7-9-16(4)18(26)23-20(31-23)22(29,10-11-25)24-21(23)28/h6-9,12-13,20,25,29H,10-11H2,1-5H3,(H,24,28)/t20-,22+,23-/m0/s1. The van der Waals surface area contributed by atoms with E-state index in [9.17, 15) is 19.5 Å². The third-order valence-electron chi connectivity index (χ3n) is 5.18. The number of carbonyl (C=O) groups is 3. The molecular weight excluding hydrogens is 402 g/mol. The lowest BCUT2D eigenvalue weighted by atomic mass is 9.92. The molecule has 2 rings (SSSR count). The van der Waals surface area contributed by atoms with Crippen LogP contribution in [0.1, 0.15) is 34.1 Å². The van der Waals surface area contributed by atoms with Crippen LogP contribution < -0.4 is 5.32 Å². The average molecular weight is 431 g/mol. The van der Waals surface area contributed by atoms with Crippen LogP contribution in [0.4, 0.5) is 0 Å². The Hall–Kier alpha value is -2.81. The van der Waals surface area contributed by atoms with E-state index in [0.29, 0.717) is 11.1 Å². The van der Waals surface area contributed by atoms with E-state index < -0.39 is 35.1 Å². The van der Waals surface area contributed by atoms with Gasteiger partial charge < -0.3 is 25.0 Å². The highest BCUT2D eigenvalue weighted by atomic mass is 16.6. The van der Waals surface area contributed by atoms with Crippen molar-refractivity contribution in [2.75, 3.05) is 13.7 Å². The Kier molecular flexibility index (Phi) is 7.54. The largest absolute Gasteiger partial charge is 0.465 e. The molecule has 3 N–H and O–H groups in total. The molecule has 8 nitrogen and oxygen atoms in total. The number of epoxide rings is 1. The van der Waals surface area contributed by atoms with Crippen LogP contribution in [0.2, 0.25) is 0 Å². The zero-order valence-electron chi connectivity index (χ0n) is 18.4. The minimum Gasteiger partial charge on any atom is -0.465 e. The normalized spacial score (nSPS) is 29.1. The molecule has 0 unspecified atom stereocenters. The minimum absolute atomic E-state index is 0.122. The lowest BCUT2D eigenvalue weighted by Crippen LogP contribution is -2.48. The Morgan fingerprint density at radius 3 is 2.45 bits per heavy atom. The molecule has 2 aliphatic rings. The summed E-state index contributed by atoms with van der Waals surface area (Å²) in [6, 6.07) is 0. The van der Waals surface area contributed by atoms with E-state index in [4.69, 9.17) is 14.6 Å². The third-order valence-corrected chi connectivity index (χ3v) is 5.18. The molecule has 0 aromatic carbocycles. The van der Waals surface area contributed by atoms with Gasteiger partial charge in [0.15, 0.2) is 11.8 Å². The summed E-state index contributed by atoms with van der Waals surface area (Å²) >= 11 is 0. The molecule has 0 saturated carbocycles. The van der Waals surface area contributed by atoms with Crippen molar-refractivity contribution in [1.82, 2.24) is 5.32 Å². The van der Waals surface area contributed by atoms with E-state index in [1.165, 1.54) is 7.11 Å². The van der Waals surface area contributed by atoms with E-state index in [1.807, 2.05) is 19.9 Å². The number of allylic oxidation sites excluding steroid dienone is 7. The summed E-state index contributed by atoms with van der Waals surface area (Å²) in [5.74, 6) is -1.64. The van der Waals surface area contributed by atoms with Crippen LogP contribution in [-0.2, 0) is 23.9 Å². The number of Topliss-reactive ketones (excluding diaryl/α,β-unsaturated/α-hetero) is 1. The Balaban J connectivity index is 2.08. The highest BCUT2D eigenvalue weighted by Gasteiger charge is 2.80. The highest BCUT2D eigenvalue weighted by Crippen LogP contribution is 2.50. The van der Waals surface area contributed by atoms with E-state index in [2.05, 4.69) is 5.32 Å². The maximum atomic E-state index is 12.8. The first-order valence-corrected chi connectivity index (χ1v) is 9.90. The molecule has 3 atom stereocenters. The number of hydrogen-bond acceptors (Lipinski definition) is 7. The van der Waals surface area contributed by atoms with Gasteiger partial charge in [-0.05, 0) is 39.3 Å². The molecule has 1 amide bonds. The van der Waals surface area contributed by atoms with Crippen molar-refractivity contribution in [3.8, 4) is 0 Å². The molecule has 2 fully saturated rings. The predicted molar refractivity (Wildman–Crippen MR) is 114 cm³/mol. The van der Waals surface area contributed by atoms with Crippen molar-refractivity contribution >= 4 is 17.7 Å². The zero-order chi connectivity index (χ0) is 23.4. The number of esters is 1. The van der Waals surface area contributed by atoms with Crippen molar-refractivity contribution in [2.45, 2.75) is 51.5 Å². The number of amides is 1. The summed E-state index contributed by atoms with van der Waals surface area (Å²) in [5, 5.41) is 21.8. The number of morpholine rings is 1. The van der Waals surface area contributed by atoms with Crippen molar-refractivity contribution < 1.29 is 34.1 Å². The molecule has 2 saturated heterocycles. The Labute approximate surface area is 181 Å². The Bertz CT molecular complexity index is 924. The number of fused-ring (bicyclic) bond motifs is 1. The lowest BCUT2D eigenvalue weighted by molar-refractivity contribution is -0.138. The number of hydrogen-bond donors (Lipinski definition) is 3. The fourth-order valence-electron chi connectivity index (χ4n) is 3.54. The minimum atomic E-state index is -1.74. The molecule has 2 heterocycles. The molecule has 2 aliphatic heterocycles. The van der Waals surface area contributed by atoms with Crippen LogP contribution in [0.5, 0.6) is 0 Å². The Morgan fingerprint density at radius 2 is 1.90 bits per heavy atom. The van der Waals surface area contributed by atoms with Gasteiger partial charge in [-0.3, -0.25) is 9.59 Å². The molecular formula is C23H29NO7. The second-order valence-corrected chi connectivity index (χ2v) is 7.64. The van der Waals surface area contributed by atoms with Gasteiger partial charge in [0.05, 0.1) is 12.7 Å². The summed E-state index contributed by atoms with van der Waals surface area (Å²) in [6.07, 6.45) is 9.13. The molecule has 0 radical (unpaired) electrons. The van der Waals surface area contributed by atoms with Crippen molar-refractivity contribution in [2.24, 2.45) is 0 Å². The molecule has 8 heteroatoms. The first-order chi connectivity index (χ1) is 14.5. The van der Waals surface area contributed by atoms with Gasteiger partial charge in [-0.15, -0.1) is 0 Å². The fraction of sp³-hybridized carbons (Fsp3) is 0.435. The third kappa shape index (κ3) is 4.92. The number of nitrogens with one attached hydrogen (secondary N) is 1. The summed E-state index contributed by atoms with van der Waals surface area (Å²) in [7, 11) is 1.33. The number of rotatable bonds is 9. The van der Waals surface area contributed by atoms with E-state index in [-0.39, 0.29) is 13.0 Å². The van der Waals surface area contributed by atoms with Gasteiger partial charge in [0.25, 0.3) is 5.91 Å². The van der Waals surface area contributed by atoms with Gasteiger partial charge in [-0.1, -0.05) is 41.5 Å². The van der Waals surface area contributed by atoms with Gasteiger partial charge in [0, 0.05) is 13.0 Å². The van der Waals surface area contributed by atoms with Crippen LogP contribution >= 0.6 is 0 Å². The van der Waals surface area contributed by atoms with Gasteiger partial charge >= 0.3 is 5.97 Å². The number of carbonyl (C=O) groups excluding carboxylic acids is 3. The molecule has 0 spiro atoms. The summed E-state index contributed by atoms with van der Waals surface area (Å²) in [6.45, 7) is 6.68. The zero-order valence-corrected chi connectivity index (χ0v) is 18.4. The van der Waals surface area contributed by atoms with E-state index in [0.717, 1.165) is 11.1 Å². The second-order valence-electron chi connectivity index (χ2n) is 7.64. The van der Waals surface area contributed by atoms with Crippen molar-refractivity contribution in [3.05, 3.63) is 58.7 Å².